The Morgan fingerprint density at radius 1 is 0.971 bits per heavy atom. The van der Waals surface area contributed by atoms with Gasteiger partial charge in [0.25, 0.3) is 5.97 Å². The summed E-state index contributed by atoms with van der Waals surface area (Å²) >= 11 is 0. The van der Waals surface area contributed by atoms with Crippen LogP contribution in [0.4, 0.5) is 0 Å². The lowest BCUT2D eigenvalue weighted by Gasteiger charge is -2.14. The lowest BCUT2D eigenvalue weighted by Crippen LogP contribution is -2.22. The number of aromatic hydroxyl groups is 1. The highest BCUT2D eigenvalue weighted by Gasteiger charge is 2.09. The highest BCUT2D eigenvalue weighted by Crippen LogP contribution is 2.22. The molecule has 0 aliphatic carbocycles. The number of benzene rings is 2. The number of carboxylic acids is 1. The molecule has 1 atom stereocenters. The van der Waals surface area contributed by atoms with Gasteiger partial charge < -0.3 is 35.2 Å². The van der Waals surface area contributed by atoms with Gasteiger partial charge >= 0.3 is 0 Å². The van der Waals surface area contributed by atoms with Crippen molar-refractivity contribution in [2.45, 2.75) is 58.8 Å². The molecule has 35 heavy (non-hydrogen) atoms. The van der Waals surface area contributed by atoms with Gasteiger partial charge in [0.2, 0.25) is 0 Å². The van der Waals surface area contributed by atoms with Crippen molar-refractivity contribution in [3.63, 3.8) is 0 Å². The fraction of sp³-hybridized carbons (Fsp3) is 0.519. The molecule has 0 saturated heterocycles. The van der Waals surface area contributed by atoms with Crippen LogP contribution in [0.3, 0.4) is 0 Å². The molecule has 8 heteroatoms. The van der Waals surface area contributed by atoms with Crippen molar-refractivity contribution in [2.24, 2.45) is 0 Å². The highest BCUT2D eigenvalue weighted by molar-refractivity contribution is 5.62. The maximum absolute atomic E-state index is 10.2. The van der Waals surface area contributed by atoms with Crippen molar-refractivity contribution in [3.05, 3.63) is 64.7 Å². The van der Waals surface area contributed by atoms with Crippen molar-refractivity contribution >= 4 is 5.97 Å². The van der Waals surface area contributed by atoms with Gasteiger partial charge in [-0.25, -0.2) is 0 Å². The van der Waals surface area contributed by atoms with Gasteiger partial charge in [-0.3, -0.25) is 4.79 Å². The van der Waals surface area contributed by atoms with Crippen LogP contribution in [0.1, 0.15) is 61.0 Å². The number of rotatable bonds is 16. The zero-order valence-electron chi connectivity index (χ0n) is 20.9. The Morgan fingerprint density at radius 3 is 2.31 bits per heavy atom. The smallest absolute Gasteiger partial charge is 0.300 e. The lowest BCUT2D eigenvalue weighted by molar-refractivity contribution is -0.134. The van der Waals surface area contributed by atoms with E-state index in [0.29, 0.717) is 37.5 Å². The van der Waals surface area contributed by atoms with E-state index in [4.69, 9.17) is 19.4 Å². The molecule has 0 spiro atoms. The Bertz CT molecular complexity index is 823. The van der Waals surface area contributed by atoms with E-state index in [1.165, 1.54) is 17.2 Å². The zero-order valence-corrected chi connectivity index (χ0v) is 20.9. The second kappa shape index (κ2) is 18.8. The average molecular weight is 492 g/mol. The lowest BCUT2D eigenvalue weighted by atomic mass is 10.1. The minimum absolute atomic E-state index is 0.0464. The first-order valence-electron chi connectivity index (χ1n) is 12.1. The molecule has 2 aromatic rings. The fourth-order valence-corrected chi connectivity index (χ4v) is 3.20. The normalized spacial score (nSPS) is 11.5. The second-order valence-corrected chi connectivity index (χ2v) is 8.35. The number of carboxylic acid groups (broad SMARTS) is 1. The largest absolute Gasteiger partial charge is 0.508 e. The van der Waals surface area contributed by atoms with E-state index in [-0.39, 0.29) is 12.4 Å². The molecule has 8 nitrogen and oxygen atoms in total. The number of aryl methyl sites for hydroxylation is 1. The van der Waals surface area contributed by atoms with Crippen LogP contribution >= 0.6 is 0 Å². The number of ether oxygens (including phenoxy) is 2. The third-order valence-electron chi connectivity index (χ3n) is 5.15. The molecule has 0 unspecified atom stereocenters. The number of aliphatic hydroxyl groups is 2. The van der Waals surface area contributed by atoms with E-state index in [0.717, 1.165) is 45.8 Å². The zero-order chi connectivity index (χ0) is 25.9. The molecule has 0 aliphatic rings. The van der Waals surface area contributed by atoms with Crippen LogP contribution in [0, 0.1) is 6.92 Å². The van der Waals surface area contributed by atoms with E-state index in [1.54, 1.807) is 12.1 Å². The quantitative estimate of drug-likeness (QED) is 0.225. The number of nitrogens with one attached hydrogen (secondary N) is 1. The van der Waals surface area contributed by atoms with E-state index in [1.807, 2.05) is 0 Å². The summed E-state index contributed by atoms with van der Waals surface area (Å²) in [6, 6.07) is 13.2. The monoisotopic (exact) mass is 491 g/mol. The molecule has 5 N–H and O–H groups in total. The second-order valence-electron chi connectivity index (χ2n) is 8.35. The van der Waals surface area contributed by atoms with Crippen LogP contribution in [0.15, 0.2) is 42.5 Å². The number of carbonyl (C=O) groups is 1. The summed E-state index contributed by atoms with van der Waals surface area (Å²) in [4.78, 5) is 9.00. The number of aliphatic carboxylic acids is 1. The van der Waals surface area contributed by atoms with Crippen molar-refractivity contribution in [1.29, 1.82) is 0 Å². The van der Waals surface area contributed by atoms with E-state index >= 15 is 0 Å². The van der Waals surface area contributed by atoms with E-state index in [9.17, 15) is 15.3 Å². The minimum Gasteiger partial charge on any atom is -0.508 e. The summed E-state index contributed by atoms with van der Waals surface area (Å²) in [7, 11) is 0. The maximum atomic E-state index is 10.2. The Hall–Kier alpha value is -2.49. The van der Waals surface area contributed by atoms with Gasteiger partial charge in [0.15, 0.2) is 0 Å². The molecule has 2 aromatic carbocycles. The highest BCUT2D eigenvalue weighted by atomic mass is 16.5. The third kappa shape index (κ3) is 15.2. The Labute approximate surface area is 208 Å². The number of phenols is 1. The summed E-state index contributed by atoms with van der Waals surface area (Å²) in [6.45, 7) is 6.82. The van der Waals surface area contributed by atoms with Crippen molar-refractivity contribution in [3.8, 4) is 5.75 Å². The predicted molar refractivity (Wildman–Crippen MR) is 135 cm³/mol. The van der Waals surface area contributed by atoms with E-state index < -0.39 is 12.1 Å². The molecule has 0 aliphatic heterocycles. The van der Waals surface area contributed by atoms with Gasteiger partial charge in [0.05, 0.1) is 32.5 Å². The molecule has 196 valence electrons. The maximum Gasteiger partial charge on any atom is 0.300 e. The number of aliphatic hydroxyl groups excluding tert-OH is 2. The van der Waals surface area contributed by atoms with Crippen molar-refractivity contribution in [2.75, 3.05) is 32.9 Å². The summed E-state index contributed by atoms with van der Waals surface area (Å²) in [5.41, 5.74) is 3.56. The standard InChI is InChI=1S/C25H37NO5.C2H4O2/c1-20-6-8-21(9-7-20)19-31-15-14-30-13-5-3-2-4-12-26-17-25(29)22-10-11-24(28)23(16-22)18-27;1-2(3)4/h6-11,16,25-29H,2-5,12-15,17-19H2,1H3;1H3,(H,3,4)/t25-;/m0./s1. The number of unbranched alkanes of at least 4 members (excludes halogenated alkanes) is 3. The molecule has 0 saturated carbocycles. The molecule has 2 rings (SSSR count). The first-order chi connectivity index (χ1) is 16.8. The SMILES string of the molecule is CC(=O)O.Cc1ccc(COCCOCCCCCCNC[C@H](O)c2ccc(O)c(CO)c2)cc1. The summed E-state index contributed by atoms with van der Waals surface area (Å²) < 4.78 is 11.2. The third-order valence-corrected chi connectivity index (χ3v) is 5.15. The first-order valence-corrected chi connectivity index (χ1v) is 12.1. The summed E-state index contributed by atoms with van der Waals surface area (Å²) in [6.07, 6.45) is 3.66. The summed E-state index contributed by atoms with van der Waals surface area (Å²) in [5, 5.41) is 39.7. The predicted octanol–water partition coefficient (Wildman–Crippen LogP) is 3.70. The Morgan fingerprint density at radius 2 is 1.63 bits per heavy atom. The molecule has 0 amide bonds. The number of hydrogen-bond acceptors (Lipinski definition) is 7. The molecular formula is C27H41NO7. The molecule has 0 fully saturated rings. The van der Waals surface area contributed by atoms with Gasteiger partial charge in [-0.15, -0.1) is 0 Å². The molecule has 0 aromatic heterocycles. The van der Waals surface area contributed by atoms with Gasteiger partial charge in [-0.2, -0.15) is 0 Å². The topological polar surface area (TPSA) is 128 Å². The van der Waals surface area contributed by atoms with Crippen LogP contribution in [0.2, 0.25) is 0 Å². The molecular weight excluding hydrogens is 450 g/mol. The van der Waals surface area contributed by atoms with Crippen LogP contribution in [-0.2, 0) is 27.5 Å². The van der Waals surface area contributed by atoms with Gasteiger partial charge in [0.1, 0.15) is 5.75 Å². The van der Waals surface area contributed by atoms with Crippen LogP contribution in [0.25, 0.3) is 0 Å². The number of hydrogen-bond donors (Lipinski definition) is 5. The Kier molecular flexibility index (Phi) is 16.4. The van der Waals surface area contributed by atoms with Crippen LogP contribution < -0.4 is 5.32 Å². The van der Waals surface area contributed by atoms with E-state index in [2.05, 4.69) is 36.5 Å². The molecule has 0 radical (unpaired) electrons. The van der Waals surface area contributed by atoms with Crippen LogP contribution in [0.5, 0.6) is 5.75 Å². The first kappa shape index (κ1) is 30.5. The Balaban J connectivity index is 0.00000142. The van der Waals surface area contributed by atoms with Crippen LogP contribution in [-0.4, -0.2) is 59.3 Å². The molecule has 0 bridgehead atoms. The average Bonchev–Trinajstić information content (AvgIpc) is 2.83. The van der Waals surface area contributed by atoms with Gasteiger partial charge in [-0.05, 0) is 49.6 Å². The van der Waals surface area contributed by atoms with Crippen molar-refractivity contribution < 1.29 is 34.7 Å². The van der Waals surface area contributed by atoms with Gasteiger partial charge in [0, 0.05) is 25.6 Å². The molecule has 0 heterocycles. The van der Waals surface area contributed by atoms with Gasteiger partial charge in [-0.1, -0.05) is 48.7 Å². The fourth-order valence-electron chi connectivity index (χ4n) is 3.20. The minimum atomic E-state index is -0.833. The summed E-state index contributed by atoms with van der Waals surface area (Å²) in [5.74, 6) is -0.787. The van der Waals surface area contributed by atoms with Crippen molar-refractivity contribution in [1.82, 2.24) is 5.32 Å².